The topological polar surface area (TPSA) is 39.4 Å². The lowest BCUT2D eigenvalue weighted by atomic mass is 10.0. The summed E-state index contributed by atoms with van der Waals surface area (Å²) in [5.41, 5.74) is 0.643. The minimum absolute atomic E-state index is 0.0255. The quantitative estimate of drug-likeness (QED) is 0.623. The fraction of sp³-hybridized carbons (Fsp3) is 0.200. The van der Waals surface area contributed by atoms with Crippen LogP contribution in [-0.2, 0) is 0 Å². The van der Waals surface area contributed by atoms with Gasteiger partial charge in [-0.05, 0) is 41.9 Å². The van der Waals surface area contributed by atoms with Gasteiger partial charge in [-0.3, -0.25) is 0 Å². The van der Waals surface area contributed by atoms with E-state index in [1.54, 1.807) is 18.3 Å². The highest BCUT2D eigenvalue weighted by Gasteiger charge is 2.17. The minimum Gasteiger partial charge on any atom is -0.487 e. The Labute approximate surface area is 138 Å². The molecular formula is C15H10ClF4N3O. The molecule has 0 atom stereocenters. The zero-order valence-electron chi connectivity index (χ0n) is 12.0. The third kappa shape index (κ3) is 3.28. The highest BCUT2D eigenvalue weighted by Crippen LogP contribution is 2.36. The molecule has 126 valence electrons. The maximum atomic E-state index is 13.0. The van der Waals surface area contributed by atoms with E-state index in [-0.39, 0.29) is 22.2 Å². The Morgan fingerprint density at radius 3 is 2.62 bits per heavy atom. The van der Waals surface area contributed by atoms with Crippen molar-refractivity contribution in [3.8, 4) is 16.9 Å². The number of nitrogens with zero attached hydrogens (tertiary/aromatic N) is 3. The van der Waals surface area contributed by atoms with Crippen molar-refractivity contribution in [3.05, 3.63) is 47.4 Å². The summed E-state index contributed by atoms with van der Waals surface area (Å²) in [6, 6.07) is 6.76. The predicted octanol–water partition coefficient (Wildman–Crippen LogP) is 4.63. The van der Waals surface area contributed by atoms with Crippen LogP contribution >= 0.6 is 11.6 Å². The number of hydrogen-bond donors (Lipinski definition) is 0. The first-order valence-electron chi connectivity index (χ1n) is 6.80. The molecule has 0 aliphatic carbocycles. The zero-order chi connectivity index (χ0) is 17.3. The van der Waals surface area contributed by atoms with E-state index in [2.05, 4.69) is 10.1 Å². The van der Waals surface area contributed by atoms with Crippen LogP contribution in [0.3, 0.4) is 0 Å². The van der Waals surface area contributed by atoms with Gasteiger partial charge in [0, 0.05) is 22.9 Å². The molecule has 0 bridgehead atoms. The van der Waals surface area contributed by atoms with Crippen LogP contribution in [-0.4, -0.2) is 27.6 Å². The molecule has 9 heteroatoms. The van der Waals surface area contributed by atoms with Gasteiger partial charge in [0.05, 0.1) is 0 Å². The van der Waals surface area contributed by atoms with E-state index in [0.717, 1.165) is 6.07 Å². The Morgan fingerprint density at radius 1 is 1.12 bits per heavy atom. The second kappa shape index (κ2) is 6.64. The molecular weight excluding hydrogens is 350 g/mol. The van der Waals surface area contributed by atoms with Gasteiger partial charge in [-0.2, -0.15) is 4.98 Å². The van der Waals surface area contributed by atoms with Crippen LogP contribution in [0.25, 0.3) is 16.8 Å². The highest BCUT2D eigenvalue weighted by molar-refractivity contribution is 6.28. The summed E-state index contributed by atoms with van der Waals surface area (Å²) in [5.74, 6) is 0.0481. The molecule has 0 aliphatic heterocycles. The van der Waals surface area contributed by atoms with Crippen LogP contribution in [0, 0.1) is 0 Å². The van der Waals surface area contributed by atoms with E-state index in [0.29, 0.717) is 11.2 Å². The Morgan fingerprint density at radius 2 is 1.92 bits per heavy atom. The molecule has 0 aliphatic rings. The van der Waals surface area contributed by atoms with Crippen LogP contribution in [0.2, 0.25) is 5.28 Å². The van der Waals surface area contributed by atoms with Crippen LogP contribution < -0.4 is 4.74 Å². The van der Waals surface area contributed by atoms with E-state index in [1.807, 2.05) is 0 Å². The summed E-state index contributed by atoms with van der Waals surface area (Å²) >= 11 is 5.77. The molecule has 24 heavy (non-hydrogen) atoms. The lowest BCUT2D eigenvalue weighted by Crippen LogP contribution is -2.08. The molecule has 0 unspecified atom stereocenters. The summed E-state index contributed by atoms with van der Waals surface area (Å²) in [7, 11) is 0. The van der Waals surface area contributed by atoms with Crippen LogP contribution in [0.15, 0.2) is 36.5 Å². The number of alkyl halides is 4. The van der Waals surface area contributed by atoms with Crippen molar-refractivity contribution < 1.29 is 22.3 Å². The SMILES string of the molecule is FC(F)COc1ccc(C(F)F)cc1-c1cccn2nc(Cl)nc12. The third-order valence-electron chi connectivity index (χ3n) is 3.25. The van der Waals surface area contributed by atoms with Crippen molar-refractivity contribution in [2.24, 2.45) is 0 Å². The molecule has 3 rings (SSSR count). The maximum Gasteiger partial charge on any atom is 0.272 e. The molecule has 4 nitrogen and oxygen atoms in total. The largest absolute Gasteiger partial charge is 0.487 e. The number of pyridine rings is 1. The maximum absolute atomic E-state index is 13.0. The second-order valence-electron chi connectivity index (χ2n) is 4.83. The molecule has 2 heterocycles. The average Bonchev–Trinajstić information content (AvgIpc) is 2.92. The number of ether oxygens (including phenoxy) is 1. The van der Waals surface area contributed by atoms with Gasteiger partial charge < -0.3 is 4.74 Å². The van der Waals surface area contributed by atoms with Crippen molar-refractivity contribution in [1.29, 1.82) is 0 Å². The molecule has 0 saturated carbocycles. The monoisotopic (exact) mass is 359 g/mol. The molecule has 1 aromatic carbocycles. The second-order valence-corrected chi connectivity index (χ2v) is 5.17. The molecule has 0 fully saturated rings. The first kappa shape index (κ1) is 16.5. The van der Waals surface area contributed by atoms with Gasteiger partial charge in [-0.1, -0.05) is 0 Å². The Kier molecular flexibility index (Phi) is 4.57. The zero-order valence-corrected chi connectivity index (χ0v) is 12.7. The number of benzene rings is 1. The summed E-state index contributed by atoms with van der Waals surface area (Å²) in [5, 5.41) is 3.90. The van der Waals surface area contributed by atoms with E-state index in [4.69, 9.17) is 16.3 Å². The number of fused-ring (bicyclic) bond motifs is 1. The normalized spacial score (nSPS) is 11.6. The van der Waals surface area contributed by atoms with Crippen molar-refractivity contribution in [1.82, 2.24) is 14.6 Å². The number of rotatable bonds is 5. The average molecular weight is 360 g/mol. The summed E-state index contributed by atoms with van der Waals surface area (Å²) in [6.07, 6.45) is -3.82. The van der Waals surface area contributed by atoms with Gasteiger partial charge in [0.2, 0.25) is 5.28 Å². The molecule has 0 radical (unpaired) electrons. The third-order valence-corrected chi connectivity index (χ3v) is 3.41. The predicted molar refractivity (Wildman–Crippen MR) is 79.9 cm³/mol. The van der Waals surface area contributed by atoms with Gasteiger partial charge in [-0.15, -0.1) is 5.10 Å². The Bertz CT molecular complexity index is 869. The van der Waals surface area contributed by atoms with Crippen molar-refractivity contribution >= 4 is 17.2 Å². The molecule has 2 aromatic heterocycles. The van der Waals surface area contributed by atoms with Crippen molar-refractivity contribution in [2.45, 2.75) is 12.9 Å². The standard InChI is InChI=1S/C15H10ClF4N3O/c16-15-21-14-9(2-1-5-23(14)22-15)10-6-8(13(19)20)3-4-11(10)24-7-12(17)18/h1-6,12-13H,7H2. The molecule has 0 amide bonds. The van der Waals surface area contributed by atoms with Gasteiger partial charge in [0.15, 0.2) is 5.65 Å². The lowest BCUT2D eigenvalue weighted by molar-refractivity contribution is 0.0821. The fourth-order valence-corrected chi connectivity index (χ4v) is 2.42. The van der Waals surface area contributed by atoms with E-state index < -0.39 is 19.5 Å². The van der Waals surface area contributed by atoms with E-state index in [1.165, 1.54) is 16.6 Å². The Balaban J connectivity index is 2.16. The number of halogens is 5. The molecule has 0 spiro atoms. The van der Waals surface area contributed by atoms with Crippen LogP contribution in [0.5, 0.6) is 5.75 Å². The molecule has 3 aromatic rings. The number of hydrogen-bond acceptors (Lipinski definition) is 3. The van der Waals surface area contributed by atoms with E-state index in [9.17, 15) is 17.6 Å². The molecule has 0 saturated heterocycles. The van der Waals surface area contributed by atoms with Gasteiger partial charge in [0.25, 0.3) is 12.9 Å². The van der Waals surface area contributed by atoms with Crippen LogP contribution in [0.4, 0.5) is 17.6 Å². The summed E-state index contributed by atoms with van der Waals surface area (Å²) < 4.78 is 57.3. The first-order chi connectivity index (χ1) is 11.5. The lowest BCUT2D eigenvalue weighted by Gasteiger charge is -2.13. The van der Waals surface area contributed by atoms with Crippen LogP contribution in [0.1, 0.15) is 12.0 Å². The molecule has 0 N–H and O–H groups in total. The van der Waals surface area contributed by atoms with Gasteiger partial charge >= 0.3 is 0 Å². The van der Waals surface area contributed by atoms with Crippen molar-refractivity contribution in [3.63, 3.8) is 0 Å². The fourth-order valence-electron chi connectivity index (χ4n) is 2.26. The number of aromatic nitrogens is 3. The summed E-state index contributed by atoms with van der Waals surface area (Å²) in [4.78, 5) is 4.03. The van der Waals surface area contributed by atoms with E-state index >= 15 is 0 Å². The van der Waals surface area contributed by atoms with Crippen molar-refractivity contribution in [2.75, 3.05) is 6.61 Å². The Hall–Kier alpha value is -2.35. The minimum atomic E-state index is -2.71. The summed E-state index contributed by atoms with van der Waals surface area (Å²) in [6.45, 7) is -0.850. The van der Waals surface area contributed by atoms with Gasteiger partial charge in [0.1, 0.15) is 12.4 Å². The smallest absolute Gasteiger partial charge is 0.272 e. The first-order valence-corrected chi connectivity index (χ1v) is 7.18. The highest BCUT2D eigenvalue weighted by atomic mass is 35.5. The van der Waals surface area contributed by atoms with Gasteiger partial charge in [-0.25, -0.2) is 22.1 Å².